The van der Waals surface area contributed by atoms with Gasteiger partial charge in [0, 0.05) is 4.47 Å². The van der Waals surface area contributed by atoms with Crippen molar-refractivity contribution in [3.63, 3.8) is 0 Å². The van der Waals surface area contributed by atoms with Crippen molar-refractivity contribution < 1.29 is 14.2 Å². The summed E-state index contributed by atoms with van der Waals surface area (Å²) in [6, 6.07) is 11.0. The molecule has 5 heteroatoms. The Morgan fingerprint density at radius 3 is 2.58 bits per heavy atom. The first-order chi connectivity index (χ1) is 9.13. The summed E-state index contributed by atoms with van der Waals surface area (Å²) >= 11 is 3.15. The zero-order chi connectivity index (χ0) is 13.8. The van der Waals surface area contributed by atoms with Crippen molar-refractivity contribution in [3.8, 4) is 17.6 Å². The van der Waals surface area contributed by atoms with Crippen LogP contribution < -0.4 is 4.74 Å². The van der Waals surface area contributed by atoms with E-state index in [1.54, 1.807) is 12.1 Å². The fraction of sp³-hybridized carbons (Fsp3) is 0.0714. The fourth-order valence-electron chi connectivity index (χ4n) is 1.53. The average molecular weight is 322 g/mol. The molecular formula is C14H9BrFNO2. The Bertz CT molecular complexity index is 652. The lowest BCUT2D eigenvalue weighted by Gasteiger charge is -2.09. The number of hydrogen-bond acceptors (Lipinski definition) is 3. The molecule has 0 aromatic heterocycles. The van der Waals surface area contributed by atoms with Crippen molar-refractivity contribution in [1.29, 1.82) is 5.26 Å². The summed E-state index contributed by atoms with van der Waals surface area (Å²) in [6.45, 7) is -0.165. The maximum absolute atomic E-state index is 13.6. The molecule has 0 saturated heterocycles. The van der Waals surface area contributed by atoms with Crippen LogP contribution in [0.25, 0.3) is 0 Å². The molecule has 0 unspecified atom stereocenters. The molecule has 1 N–H and O–H groups in total. The van der Waals surface area contributed by atoms with E-state index in [1.165, 1.54) is 24.3 Å². The van der Waals surface area contributed by atoms with E-state index in [2.05, 4.69) is 15.9 Å². The minimum Gasteiger partial charge on any atom is -0.453 e. The second-order valence-corrected chi connectivity index (χ2v) is 4.69. The summed E-state index contributed by atoms with van der Waals surface area (Å²) in [6.07, 6.45) is 0. The summed E-state index contributed by atoms with van der Waals surface area (Å²) in [4.78, 5) is 0. The Labute approximate surface area is 118 Å². The average Bonchev–Trinajstić information content (AvgIpc) is 2.42. The van der Waals surface area contributed by atoms with Crippen LogP contribution in [0.5, 0.6) is 11.5 Å². The van der Waals surface area contributed by atoms with Crippen LogP contribution in [0.4, 0.5) is 4.39 Å². The summed E-state index contributed by atoms with van der Waals surface area (Å²) < 4.78 is 19.6. The monoisotopic (exact) mass is 321 g/mol. The van der Waals surface area contributed by atoms with E-state index in [0.29, 0.717) is 10.0 Å². The number of rotatable bonds is 3. The molecule has 19 heavy (non-hydrogen) atoms. The zero-order valence-corrected chi connectivity index (χ0v) is 11.3. The van der Waals surface area contributed by atoms with Crippen molar-refractivity contribution >= 4 is 15.9 Å². The van der Waals surface area contributed by atoms with E-state index in [0.717, 1.165) is 0 Å². The van der Waals surface area contributed by atoms with Gasteiger partial charge in [0.05, 0.1) is 12.2 Å². The number of nitriles is 1. The first kappa shape index (κ1) is 13.5. The molecular weight excluding hydrogens is 313 g/mol. The standard InChI is InChI=1S/C14H9BrFNO2/c15-11-2-4-14(12(16)6-11)19-13-3-1-9(8-18)5-10(13)7-17/h1-6,18H,8H2. The third-order valence-electron chi connectivity index (χ3n) is 2.46. The highest BCUT2D eigenvalue weighted by atomic mass is 79.9. The van der Waals surface area contributed by atoms with Gasteiger partial charge in [0.1, 0.15) is 11.8 Å². The maximum atomic E-state index is 13.6. The number of halogens is 2. The van der Waals surface area contributed by atoms with Gasteiger partial charge in [0.2, 0.25) is 0 Å². The Balaban J connectivity index is 2.35. The highest BCUT2D eigenvalue weighted by Crippen LogP contribution is 2.29. The lowest BCUT2D eigenvalue weighted by molar-refractivity contribution is 0.281. The summed E-state index contributed by atoms with van der Waals surface area (Å²) in [7, 11) is 0. The maximum Gasteiger partial charge on any atom is 0.166 e. The molecule has 0 atom stereocenters. The summed E-state index contributed by atoms with van der Waals surface area (Å²) in [5.74, 6) is -0.234. The number of nitrogens with zero attached hydrogens (tertiary/aromatic N) is 1. The van der Waals surface area contributed by atoms with Gasteiger partial charge in [0.15, 0.2) is 11.6 Å². The lowest BCUT2D eigenvalue weighted by atomic mass is 10.1. The number of ether oxygens (including phenoxy) is 1. The van der Waals surface area contributed by atoms with Crippen molar-refractivity contribution in [2.75, 3.05) is 0 Å². The minimum absolute atomic E-state index is 0.0384. The molecule has 0 aliphatic carbocycles. The number of aliphatic hydroxyl groups is 1. The van der Waals surface area contributed by atoms with Crippen molar-refractivity contribution in [2.45, 2.75) is 6.61 Å². The van der Waals surface area contributed by atoms with Crippen LogP contribution in [0.3, 0.4) is 0 Å². The molecule has 2 aromatic rings. The second kappa shape index (κ2) is 5.83. The Morgan fingerprint density at radius 2 is 1.95 bits per heavy atom. The van der Waals surface area contributed by atoms with Gasteiger partial charge in [-0.1, -0.05) is 22.0 Å². The highest BCUT2D eigenvalue weighted by molar-refractivity contribution is 9.10. The number of aliphatic hydroxyl groups excluding tert-OH is 1. The van der Waals surface area contributed by atoms with Gasteiger partial charge >= 0.3 is 0 Å². The van der Waals surface area contributed by atoms with Gasteiger partial charge in [0.25, 0.3) is 0 Å². The van der Waals surface area contributed by atoms with Crippen LogP contribution in [0, 0.1) is 17.1 Å². The molecule has 2 rings (SSSR count). The van der Waals surface area contributed by atoms with Crippen molar-refractivity contribution in [1.82, 2.24) is 0 Å². The Hall–Kier alpha value is -1.90. The molecule has 0 saturated carbocycles. The van der Waals surface area contributed by atoms with Gasteiger partial charge in [-0.25, -0.2) is 4.39 Å². The molecule has 0 amide bonds. The van der Waals surface area contributed by atoms with Crippen LogP contribution in [-0.4, -0.2) is 5.11 Å². The van der Waals surface area contributed by atoms with Crippen LogP contribution in [-0.2, 0) is 6.61 Å². The molecule has 0 bridgehead atoms. The highest BCUT2D eigenvalue weighted by Gasteiger charge is 2.09. The predicted octanol–water partition coefficient (Wildman–Crippen LogP) is 3.74. The third kappa shape index (κ3) is 3.11. The quantitative estimate of drug-likeness (QED) is 0.936. The number of benzene rings is 2. The van der Waals surface area contributed by atoms with Gasteiger partial charge in [-0.3, -0.25) is 0 Å². The van der Waals surface area contributed by atoms with Crippen LogP contribution in [0.2, 0.25) is 0 Å². The topological polar surface area (TPSA) is 53.2 Å². The molecule has 0 aliphatic heterocycles. The lowest BCUT2D eigenvalue weighted by Crippen LogP contribution is -1.93. The smallest absolute Gasteiger partial charge is 0.166 e. The minimum atomic E-state index is -0.524. The fourth-order valence-corrected chi connectivity index (χ4v) is 1.86. The Morgan fingerprint density at radius 1 is 1.21 bits per heavy atom. The van der Waals surface area contributed by atoms with E-state index in [-0.39, 0.29) is 23.7 Å². The molecule has 0 heterocycles. The molecule has 3 nitrogen and oxygen atoms in total. The van der Waals surface area contributed by atoms with Crippen LogP contribution in [0.15, 0.2) is 40.9 Å². The van der Waals surface area contributed by atoms with Crippen molar-refractivity contribution in [2.24, 2.45) is 0 Å². The van der Waals surface area contributed by atoms with E-state index in [4.69, 9.17) is 15.1 Å². The third-order valence-corrected chi connectivity index (χ3v) is 2.95. The van der Waals surface area contributed by atoms with Crippen molar-refractivity contribution in [3.05, 3.63) is 57.8 Å². The molecule has 2 aromatic carbocycles. The molecule has 96 valence electrons. The Kier molecular flexibility index (Phi) is 4.15. The molecule has 0 aliphatic rings. The normalized spacial score (nSPS) is 10.0. The van der Waals surface area contributed by atoms with Gasteiger partial charge < -0.3 is 9.84 Å². The van der Waals surface area contributed by atoms with E-state index < -0.39 is 5.82 Å². The predicted molar refractivity (Wildman–Crippen MR) is 71.3 cm³/mol. The first-order valence-corrected chi connectivity index (χ1v) is 6.20. The van der Waals surface area contributed by atoms with E-state index >= 15 is 0 Å². The summed E-state index contributed by atoms with van der Waals surface area (Å²) in [5, 5.41) is 18.0. The molecule has 0 spiro atoms. The van der Waals surface area contributed by atoms with Crippen LogP contribution in [0.1, 0.15) is 11.1 Å². The first-order valence-electron chi connectivity index (χ1n) is 5.41. The molecule has 0 radical (unpaired) electrons. The van der Waals surface area contributed by atoms with E-state index in [9.17, 15) is 4.39 Å². The van der Waals surface area contributed by atoms with Gasteiger partial charge in [-0.2, -0.15) is 5.26 Å². The van der Waals surface area contributed by atoms with Gasteiger partial charge in [-0.15, -0.1) is 0 Å². The second-order valence-electron chi connectivity index (χ2n) is 3.78. The zero-order valence-electron chi connectivity index (χ0n) is 9.73. The number of hydrogen-bond donors (Lipinski definition) is 1. The largest absolute Gasteiger partial charge is 0.453 e. The van der Waals surface area contributed by atoms with E-state index in [1.807, 2.05) is 6.07 Å². The van der Waals surface area contributed by atoms with Gasteiger partial charge in [-0.05, 0) is 35.9 Å². The SMILES string of the molecule is N#Cc1cc(CO)ccc1Oc1ccc(Br)cc1F. The molecule has 0 fully saturated rings. The summed E-state index contributed by atoms with van der Waals surface area (Å²) in [5.41, 5.74) is 0.842. The van der Waals surface area contributed by atoms with Crippen LogP contribution >= 0.6 is 15.9 Å².